The number of nitrogens with zero attached hydrogens (tertiary/aromatic N) is 1. The summed E-state index contributed by atoms with van der Waals surface area (Å²) in [5.74, 6) is 2.43. The van der Waals surface area contributed by atoms with Crippen molar-refractivity contribution in [1.82, 2.24) is 4.98 Å². The van der Waals surface area contributed by atoms with Gasteiger partial charge in [0.05, 0.1) is 5.69 Å². The minimum absolute atomic E-state index is 0.166. The van der Waals surface area contributed by atoms with E-state index in [-0.39, 0.29) is 18.6 Å². The number of fused-ring (bicyclic) bond motifs is 2. The molecule has 0 spiro atoms. The lowest BCUT2D eigenvalue weighted by Gasteiger charge is -2.18. The lowest BCUT2D eigenvalue weighted by molar-refractivity contribution is -0.371. The van der Waals surface area contributed by atoms with Gasteiger partial charge in [0, 0.05) is 28.3 Å². The number of H-pyrrole nitrogens is 1. The number of phenols is 1. The lowest BCUT2D eigenvalue weighted by Crippen LogP contribution is -2.20. The van der Waals surface area contributed by atoms with Crippen molar-refractivity contribution in [3.63, 3.8) is 0 Å². The van der Waals surface area contributed by atoms with Crippen LogP contribution in [0.5, 0.6) is 17.2 Å². The Balaban J connectivity index is 1.66. The van der Waals surface area contributed by atoms with E-state index in [1.807, 2.05) is 74.5 Å². The van der Waals surface area contributed by atoms with E-state index in [0.717, 1.165) is 39.5 Å². The number of pyridine rings is 2. The Bertz CT molecular complexity index is 1260. The number of hydrogen-bond donors (Lipinski definition) is 2. The number of hydrogen-bond acceptors (Lipinski definition) is 5. The Morgan fingerprint density at radius 3 is 2.70 bits per heavy atom. The molecule has 0 aliphatic carbocycles. The molecular weight excluding hydrogens is 378 g/mol. The van der Waals surface area contributed by atoms with Crippen molar-refractivity contribution in [1.29, 1.82) is 0 Å². The molecule has 0 saturated heterocycles. The van der Waals surface area contributed by atoms with Crippen molar-refractivity contribution in [2.45, 2.75) is 19.9 Å². The van der Waals surface area contributed by atoms with Gasteiger partial charge in [-0.2, -0.15) is 0 Å². The van der Waals surface area contributed by atoms with Crippen molar-refractivity contribution in [2.24, 2.45) is 0 Å². The second-order valence-corrected chi connectivity index (χ2v) is 7.47. The Morgan fingerprint density at radius 1 is 1.00 bits per heavy atom. The molecule has 3 heterocycles. The first-order valence-electron chi connectivity index (χ1n) is 9.83. The number of aromatic amines is 1. The summed E-state index contributed by atoms with van der Waals surface area (Å²) in [5, 5.41) is 15.6. The van der Waals surface area contributed by atoms with Gasteiger partial charge in [0.25, 0.3) is 5.82 Å². The van der Waals surface area contributed by atoms with E-state index in [1.165, 1.54) is 0 Å². The van der Waals surface area contributed by atoms with E-state index in [0.29, 0.717) is 11.3 Å². The zero-order valence-electron chi connectivity index (χ0n) is 16.8. The number of aryl methyl sites for hydroxylation is 2. The number of ether oxygens (including phenoxy) is 2. The maximum atomic E-state index is 11.2. The number of aromatic hydroxyl groups is 1. The third-order valence-corrected chi connectivity index (χ3v) is 5.29. The minimum atomic E-state index is -0.329. The van der Waals surface area contributed by atoms with Crippen LogP contribution in [0.15, 0.2) is 60.7 Å². The topological polar surface area (TPSA) is 77.8 Å². The Hall–Kier alpha value is -3.80. The standard InChI is InChI=1S/C24H21N3O3/c1-14-4-3-5-21(25-14)27-22(17-9-11-19-20(12-17)30-13-29-19)18-10-8-16-7-6-15(2)26-23(16)24(18)28/h3-12,22,28H,13H2,1-2H3,(H,25,27)/p+1/t22-/m0/s1. The lowest BCUT2D eigenvalue weighted by atomic mass is 9.95. The smallest absolute Gasteiger partial charge is 0.273 e. The fraction of sp³-hybridized carbons (Fsp3) is 0.167. The van der Waals surface area contributed by atoms with Crippen LogP contribution in [0.4, 0.5) is 5.82 Å². The molecule has 150 valence electrons. The predicted molar refractivity (Wildman–Crippen MR) is 114 cm³/mol. The zero-order chi connectivity index (χ0) is 20.7. The van der Waals surface area contributed by atoms with Crippen molar-refractivity contribution in [3.05, 3.63) is 83.2 Å². The summed E-state index contributed by atoms with van der Waals surface area (Å²) in [6.07, 6.45) is 0. The summed E-state index contributed by atoms with van der Waals surface area (Å²) < 4.78 is 11.0. The van der Waals surface area contributed by atoms with E-state index in [2.05, 4.69) is 15.3 Å². The third kappa shape index (κ3) is 3.26. The van der Waals surface area contributed by atoms with Crippen molar-refractivity contribution < 1.29 is 19.6 Å². The molecule has 5 rings (SSSR count). The molecule has 3 N–H and O–H groups in total. The quantitative estimate of drug-likeness (QED) is 0.534. The second kappa shape index (κ2) is 7.22. The maximum Gasteiger partial charge on any atom is 0.273 e. The van der Waals surface area contributed by atoms with Crippen LogP contribution in [0.1, 0.15) is 28.6 Å². The normalized spacial score (nSPS) is 13.4. The first-order chi connectivity index (χ1) is 14.6. The molecule has 6 heteroatoms. The van der Waals surface area contributed by atoms with Crippen LogP contribution < -0.4 is 19.8 Å². The van der Waals surface area contributed by atoms with Crippen molar-refractivity contribution in [3.8, 4) is 17.2 Å². The highest BCUT2D eigenvalue weighted by atomic mass is 16.7. The number of phenolic OH excluding ortho intramolecular Hbond substituents is 1. The average Bonchev–Trinajstić information content (AvgIpc) is 3.21. The predicted octanol–water partition coefficient (Wildman–Crippen LogP) is 4.30. The molecule has 30 heavy (non-hydrogen) atoms. The fourth-order valence-electron chi connectivity index (χ4n) is 3.78. The molecule has 0 bridgehead atoms. The SMILES string of the molecule is Cc1ccc2ccc([C@@H](Nc3cccc(C)[nH+]3)c3ccc4c(c3)OCO4)c(O)c2n1. The highest BCUT2D eigenvalue weighted by Gasteiger charge is 2.26. The number of rotatable bonds is 4. The largest absolute Gasteiger partial charge is 0.505 e. The minimum Gasteiger partial charge on any atom is -0.505 e. The molecule has 1 aliphatic heterocycles. The third-order valence-electron chi connectivity index (χ3n) is 5.29. The van der Waals surface area contributed by atoms with Gasteiger partial charge in [0.2, 0.25) is 6.79 Å². The maximum absolute atomic E-state index is 11.2. The van der Waals surface area contributed by atoms with Crippen LogP contribution in [0.25, 0.3) is 10.9 Å². The first-order valence-corrected chi connectivity index (χ1v) is 9.83. The van der Waals surface area contributed by atoms with Gasteiger partial charge in [0.1, 0.15) is 17.3 Å². The first kappa shape index (κ1) is 18.2. The molecule has 1 aliphatic rings. The van der Waals surface area contributed by atoms with Crippen LogP contribution in [-0.4, -0.2) is 16.9 Å². The van der Waals surface area contributed by atoms with Gasteiger partial charge >= 0.3 is 0 Å². The molecule has 4 aromatic rings. The molecule has 0 unspecified atom stereocenters. The van der Waals surface area contributed by atoms with Gasteiger partial charge in [-0.1, -0.05) is 24.3 Å². The summed E-state index contributed by atoms with van der Waals surface area (Å²) in [6.45, 7) is 4.13. The molecule has 2 aromatic carbocycles. The summed E-state index contributed by atoms with van der Waals surface area (Å²) >= 11 is 0. The summed E-state index contributed by atoms with van der Waals surface area (Å²) in [5.41, 5.74) is 4.15. The number of aromatic nitrogens is 2. The van der Waals surface area contributed by atoms with E-state index in [4.69, 9.17) is 9.47 Å². The van der Waals surface area contributed by atoms with Crippen molar-refractivity contribution in [2.75, 3.05) is 12.1 Å². The summed E-state index contributed by atoms with van der Waals surface area (Å²) in [6, 6.07) is 19.3. The molecule has 0 fully saturated rings. The molecule has 0 saturated carbocycles. The molecule has 1 atom stereocenters. The fourth-order valence-corrected chi connectivity index (χ4v) is 3.78. The number of benzene rings is 2. The van der Waals surface area contributed by atoms with Crippen LogP contribution >= 0.6 is 0 Å². The molecular formula is C24H22N3O3+. The Labute approximate surface area is 174 Å². The number of anilines is 1. The van der Waals surface area contributed by atoms with E-state index < -0.39 is 0 Å². The van der Waals surface area contributed by atoms with Crippen LogP contribution in [0.2, 0.25) is 0 Å². The molecule has 0 radical (unpaired) electrons. The summed E-state index contributed by atoms with van der Waals surface area (Å²) in [4.78, 5) is 7.89. The molecule has 6 nitrogen and oxygen atoms in total. The highest BCUT2D eigenvalue weighted by molar-refractivity contribution is 5.86. The van der Waals surface area contributed by atoms with Crippen LogP contribution in [0.3, 0.4) is 0 Å². The van der Waals surface area contributed by atoms with E-state index in [1.54, 1.807) is 0 Å². The monoisotopic (exact) mass is 400 g/mol. The van der Waals surface area contributed by atoms with Gasteiger partial charge in [-0.3, -0.25) is 5.32 Å². The average molecular weight is 400 g/mol. The Kier molecular flexibility index (Phi) is 4.39. The summed E-state index contributed by atoms with van der Waals surface area (Å²) in [7, 11) is 0. The van der Waals surface area contributed by atoms with Gasteiger partial charge in [-0.05, 0) is 44.2 Å². The van der Waals surface area contributed by atoms with Gasteiger partial charge < -0.3 is 14.6 Å². The van der Waals surface area contributed by atoms with Crippen LogP contribution in [-0.2, 0) is 0 Å². The van der Waals surface area contributed by atoms with Gasteiger partial charge in [-0.25, -0.2) is 9.97 Å². The van der Waals surface area contributed by atoms with E-state index in [9.17, 15) is 5.11 Å². The number of nitrogens with one attached hydrogen (secondary N) is 2. The van der Waals surface area contributed by atoms with Gasteiger partial charge in [0.15, 0.2) is 11.5 Å². The Morgan fingerprint density at radius 2 is 1.83 bits per heavy atom. The molecule has 0 amide bonds. The molecule has 2 aromatic heterocycles. The van der Waals surface area contributed by atoms with Gasteiger partial charge in [-0.15, -0.1) is 0 Å². The highest BCUT2D eigenvalue weighted by Crippen LogP contribution is 2.40. The van der Waals surface area contributed by atoms with Crippen LogP contribution in [0, 0.1) is 13.8 Å². The zero-order valence-corrected chi connectivity index (χ0v) is 16.8. The second-order valence-electron chi connectivity index (χ2n) is 7.47. The van der Waals surface area contributed by atoms with E-state index >= 15 is 0 Å². The van der Waals surface area contributed by atoms with Crippen molar-refractivity contribution >= 4 is 16.7 Å².